The zero-order valence-electron chi connectivity index (χ0n) is 8.89. The van der Waals surface area contributed by atoms with Crippen LogP contribution in [-0.2, 0) is 4.79 Å². The molecule has 0 aliphatic carbocycles. The first-order valence-corrected chi connectivity index (χ1v) is 5.08. The number of rotatable bonds is 2. The van der Waals surface area contributed by atoms with Gasteiger partial charge in [-0.1, -0.05) is 0 Å². The SMILES string of the molecule is NC1CC(=O)N(c2ccc(F)c(C(=O)O)c2)C1. The molecule has 1 amide bonds. The highest BCUT2D eigenvalue weighted by Crippen LogP contribution is 2.23. The molecule has 1 saturated heterocycles. The van der Waals surface area contributed by atoms with Crippen molar-refractivity contribution in [2.24, 2.45) is 5.73 Å². The van der Waals surface area contributed by atoms with E-state index in [1.54, 1.807) is 0 Å². The summed E-state index contributed by atoms with van der Waals surface area (Å²) in [5.41, 5.74) is 5.54. The number of anilines is 1. The molecule has 1 unspecified atom stereocenters. The van der Waals surface area contributed by atoms with Gasteiger partial charge in [-0.25, -0.2) is 9.18 Å². The number of benzene rings is 1. The van der Waals surface area contributed by atoms with E-state index >= 15 is 0 Å². The monoisotopic (exact) mass is 238 g/mol. The quantitative estimate of drug-likeness (QED) is 0.789. The number of carboxylic acid groups (broad SMARTS) is 1. The number of nitrogens with zero attached hydrogens (tertiary/aromatic N) is 1. The molecule has 0 radical (unpaired) electrons. The Morgan fingerprint density at radius 2 is 2.24 bits per heavy atom. The van der Waals surface area contributed by atoms with Crippen molar-refractivity contribution < 1.29 is 19.1 Å². The average Bonchev–Trinajstić information content (AvgIpc) is 2.58. The second-order valence-electron chi connectivity index (χ2n) is 3.94. The van der Waals surface area contributed by atoms with Crippen molar-refractivity contribution in [3.05, 3.63) is 29.6 Å². The molecule has 1 aliphatic heterocycles. The molecule has 1 heterocycles. The lowest BCUT2D eigenvalue weighted by molar-refractivity contribution is -0.117. The van der Waals surface area contributed by atoms with E-state index in [-0.39, 0.29) is 18.4 Å². The third-order valence-electron chi connectivity index (χ3n) is 2.65. The minimum absolute atomic E-state index is 0.180. The minimum atomic E-state index is -1.36. The molecule has 0 bridgehead atoms. The average molecular weight is 238 g/mol. The van der Waals surface area contributed by atoms with Crippen LogP contribution in [0.25, 0.3) is 0 Å². The van der Waals surface area contributed by atoms with Crippen molar-refractivity contribution >= 4 is 17.6 Å². The Bertz CT molecular complexity index is 490. The summed E-state index contributed by atoms with van der Waals surface area (Å²) in [4.78, 5) is 23.7. The number of hydrogen-bond donors (Lipinski definition) is 2. The zero-order valence-corrected chi connectivity index (χ0v) is 8.89. The molecule has 3 N–H and O–H groups in total. The molecule has 1 aromatic rings. The van der Waals surface area contributed by atoms with Crippen molar-refractivity contribution in [1.82, 2.24) is 0 Å². The van der Waals surface area contributed by atoms with Gasteiger partial charge in [-0.3, -0.25) is 4.79 Å². The van der Waals surface area contributed by atoms with Crippen LogP contribution in [0.4, 0.5) is 10.1 Å². The van der Waals surface area contributed by atoms with Gasteiger partial charge in [0.05, 0.1) is 5.56 Å². The van der Waals surface area contributed by atoms with Gasteiger partial charge < -0.3 is 15.7 Å². The second kappa shape index (κ2) is 4.14. The minimum Gasteiger partial charge on any atom is -0.478 e. The van der Waals surface area contributed by atoms with E-state index in [9.17, 15) is 14.0 Å². The van der Waals surface area contributed by atoms with Crippen molar-refractivity contribution in [2.45, 2.75) is 12.5 Å². The number of nitrogens with two attached hydrogens (primary N) is 1. The molecule has 5 nitrogen and oxygen atoms in total. The van der Waals surface area contributed by atoms with Gasteiger partial charge >= 0.3 is 5.97 Å². The fourth-order valence-corrected chi connectivity index (χ4v) is 1.83. The summed E-state index contributed by atoms with van der Waals surface area (Å²) in [6.07, 6.45) is 0.222. The number of halogens is 1. The summed E-state index contributed by atoms with van der Waals surface area (Å²) in [5.74, 6) is -2.36. The van der Waals surface area contributed by atoms with E-state index in [0.29, 0.717) is 12.2 Å². The number of carboxylic acids is 1. The number of hydrogen-bond acceptors (Lipinski definition) is 3. The maximum atomic E-state index is 13.2. The lowest BCUT2D eigenvalue weighted by Crippen LogP contribution is -2.28. The third-order valence-corrected chi connectivity index (χ3v) is 2.65. The highest BCUT2D eigenvalue weighted by atomic mass is 19.1. The molecule has 17 heavy (non-hydrogen) atoms. The van der Waals surface area contributed by atoms with E-state index < -0.39 is 17.3 Å². The molecule has 1 fully saturated rings. The summed E-state index contributed by atoms with van der Waals surface area (Å²) in [6.45, 7) is 0.323. The molecule has 1 aliphatic rings. The molecule has 0 spiro atoms. The maximum absolute atomic E-state index is 13.2. The smallest absolute Gasteiger partial charge is 0.338 e. The molecule has 2 rings (SSSR count). The lowest BCUT2D eigenvalue weighted by Gasteiger charge is -2.16. The van der Waals surface area contributed by atoms with E-state index in [0.717, 1.165) is 12.1 Å². The van der Waals surface area contributed by atoms with Crippen LogP contribution in [0.3, 0.4) is 0 Å². The molecule has 0 aromatic heterocycles. The topological polar surface area (TPSA) is 83.6 Å². The standard InChI is InChI=1S/C11H11FN2O3/c12-9-2-1-7(4-8(9)11(16)17)14-5-6(13)3-10(14)15/h1-2,4,6H,3,5,13H2,(H,16,17). The van der Waals surface area contributed by atoms with E-state index in [2.05, 4.69) is 0 Å². The molecule has 1 atom stereocenters. The van der Waals surface area contributed by atoms with Gasteiger partial charge in [-0.2, -0.15) is 0 Å². The van der Waals surface area contributed by atoms with Crippen LogP contribution in [0.15, 0.2) is 18.2 Å². The van der Waals surface area contributed by atoms with E-state index in [4.69, 9.17) is 10.8 Å². The predicted molar refractivity (Wildman–Crippen MR) is 58.3 cm³/mol. The van der Waals surface area contributed by atoms with Crippen molar-refractivity contribution in [1.29, 1.82) is 0 Å². The number of aromatic carboxylic acids is 1. The van der Waals surface area contributed by atoms with Crippen molar-refractivity contribution in [3.63, 3.8) is 0 Å². The van der Waals surface area contributed by atoms with Crippen LogP contribution < -0.4 is 10.6 Å². The summed E-state index contributed by atoms with van der Waals surface area (Å²) < 4.78 is 13.2. The summed E-state index contributed by atoms with van der Waals surface area (Å²) in [5, 5.41) is 8.78. The highest BCUT2D eigenvalue weighted by molar-refractivity contribution is 5.98. The van der Waals surface area contributed by atoms with Gasteiger partial charge in [0.15, 0.2) is 0 Å². The van der Waals surface area contributed by atoms with Gasteiger partial charge in [0.25, 0.3) is 0 Å². The van der Waals surface area contributed by atoms with Crippen LogP contribution in [0, 0.1) is 5.82 Å². The fraction of sp³-hybridized carbons (Fsp3) is 0.273. The molecule has 6 heteroatoms. The molecule has 1 aromatic carbocycles. The Balaban J connectivity index is 2.37. The predicted octanol–water partition coefficient (Wildman–Crippen LogP) is 0.588. The second-order valence-corrected chi connectivity index (χ2v) is 3.94. The number of carbonyl (C=O) groups is 2. The maximum Gasteiger partial charge on any atom is 0.338 e. The number of amides is 1. The van der Waals surface area contributed by atoms with Gasteiger partial charge in [0, 0.05) is 24.7 Å². The Kier molecular flexibility index (Phi) is 2.81. The van der Waals surface area contributed by atoms with Gasteiger partial charge in [0.1, 0.15) is 5.82 Å². The fourth-order valence-electron chi connectivity index (χ4n) is 1.83. The lowest BCUT2D eigenvalue weighted by atomic mass is 10.2. The molecular weight excluding hydrogens is 227 g/mol. The molecular formula is C11H11FN2O3. The van der Waals surface area contributed by atoms with Crippen LogP contribution in [0.1, 0.15) is 16.8 Å². The molecule has 0 saturated carbocycles. The Hall–Kier alpha value is -1.95. The first kappa shape index (κ1) is 11.5. The van der Waals surface area contributed by atoms with Crippen molar-refractivity contribution in [3.8, 4) is 0 Å². The van der Waals surface area contributed by atoms with Crippen molar-refractivity contribution in [2.75, 3.05) is 11.4 Å². The third kappa shape index (κ3) is 2.12. The van der Waals surface area contributed by atoms with Crippen LogP contribution >= 0.6 is 0 Å². The van der Waals surface area contributed by atoms with Gasteiger partial charge in [-0.15, -0.1) is 0 Å². The Morgan fingerprint density at radius 3 is 2.76 bits per heavy atom. The first-order chi connectivity index (χ1) is 7.99. The summed E-state index contributed by atoms with van der Waals surface area (Å²) in [6, 6.07) is 3.29. The van der Waals surface area contributed by atoms with Crippen LogP contribution in [-0.4, -0.2) is 29.6 Å². The van der Waals surface area contributed by atoms with E-state index in [1.165, 1.54) is 11.0 Å². The van der Waals surface area contributed by atoms with Gasteiger partial charge in [0.2, 0.25) is 5.91 Å². The van der Waals surface area contributed by atoms with Crippen LogP contribution in [0.2, 0.25) is 0 Å². The largest absolute Gasteiger partial charge is 0.478 e. The van der Waals surface area contributed by atoms with Gasteiger partial charge in [-0.05, 0) is 18.2 Å². The summed E-state index contributed by atoms with van der Waals surface area (Å²) >= 11 is 0. The normalized spacial score (nSPS) is 19.8. The molecule has 90 valence electrons. The first-order valence-electron chi connectivity index (χ1n) is 5.08. The zero-order chi connectivity index (χ0) is 12.6. The Labute approximate surface area is 96.6 Å². The van der Waals surface area contributed by atoms with E-state index in [1.807, 2.05) is 0 Å². The van der Waals surface area contributed by atoms with Crippen LogP contribution in [0.5, 0.6) is 0 Å². The Morgan fingerprint density at radius 1 is 1.53 bits per heavy atom. The number of carbonyl (C=O) groups excluding carboxylic acids is 1. The summed E-state index contributed by atoms with van der Waals surface area (Å²) in [7, 11) is 0. The highest BCUT2D eigenvalue weighted by Gasteiger charge is 2.28.